The van der Waals surface area contributed by atoms with Gasteiger partial charge < -0.3 is 20.3 Å². The van der Waals surface area contributed by atoms with Gasteiger partial charge in [-0.3, -0.25) is 9.59 Å². The Labute approximate surface area is 203 Å². The number of carbonyl (C=O) groups is 3. The summed E-state index contributed by atoms with van der Waals surface area (Å²) in [6, 6.07) is 10.8. The highest BCUT2D eigenvalue weighted by Crippen LogP contribution is 2.25. The Kier molecular flexibility index (Phi) is 7.99. The van der Waals surface area contributed by atoms with Crippen LogP contribution in [0.15, 0.2) is 41.4 Å². The molecule has 1 aromatic carbocycles. The molecule has 9 nitrogen and oxygen atoms in total. The van der Waals surface area contributed by atoms with Crippen LogP contribution in [-0.2, 0) is 14.3 Å². The Hall–Kier alpha value is -3.14. The molecule has 0 radical (unpaired) electrons. The number of piperidine rings is 1. The number of benzene rings is 1. The van der Waals surface area contributed by atoms with Crippen molar-refractivity contribution in [2.75, 3.05) is 35.7 Å². The number of anilines is 2. The van der Waals surface area contributed by atoms with Gasteiger partial charge in [0.2, 0.25) is 11.8 Å². The van der Waals surface area contributed by atoms with Crippen molar-refractivity contribution in [3.05, 3.63) is 42.0 Å². The topological polar surface area (TPSA) is 114 Å². The van der Waals surface area contributed by atoms with Crippen molar-refractivity contribution in [2.24, 2.45) is 5.92 Å². The first kappa shape index (κ1) is 24.0. The van der Waals surface area contributed by atoms with Crippen LogP contribution in [0.2, 0.25) is 0 Å². The van der Waals surface area contributed by atoms with E-state index in [1.54, 1.807) is 31.2 Å². The highest BCUT2D eigenvalue weighted by atomic mass is 32.2. The fourth-order valence-electron chi connectivity index (χ4n) is 3.81. The maximum Gasteiger partial charge on any atom is 0.340 e. The van der Waals surface area contributed by atoms with Gasteiger partial charge in [0.15, 0.2) is 5.82 Å². The lowest BCUT2D eigenvalue weighted by Crippen LogP contribution is -2.44. The summed E-state index contributed by atoms with van der Waals surface area (Å²) in [7, 11) is 0. The number of amides is 2. The molecule has 2 aliphatic rings. The minimum Gasteiger partial charge on any atom is -0.462 e. The first-order valence-corrected chi connectivity index (χ1v) is 12.6. The third-order valence-electron chi connectivity index (χ3n) is 5.71. The molecule has 2 fully saturated rings. The average Bonchev–Trinajstić information content (AvgIpc) is 3.67. The van der Waals surface area contributed by atoms with E-state index in [9.17, 15) is 14.4 Å². The maximum atomic E-state index is 12.4. The second-order valence-corrected chi connectivity index (χ2v) is 9.40. The minimum absolute atomic E-state index is 0.0219. The lowest BCUT2D eigenvalue weighted by molar-refractivity contribution is -0.125. The summed E-state index contributed by atoms with van der Waals surface area (Å²) in [5, 5.41) is 15.0. The van der Waals surface area contributed by atoms with E-state index in [0.29, 0.717) is 28.9 Å². The van der Waals surface area contributed by atoms with E-state index >= 15 is 0 Å². The zero-order valence-electron chi connectivity index (χ0n) is 19.2. The largest absolute Gasteiger partial charge is 0.462 e. The molecule has 1 aliphatic heterocycles. The zero-order valence-corrected chi connectivity index (χ0v) is 20.0. The monoisotopic (exact) mass is 483 g/mol. The Morgan fingerprint density at radius 3 is 2.68 bits per heavy atom. The van der Waals surface area contributed by atoms with E-state index < -0.39 is 5.97 Å². The summed E-state index contributed by atoms with van der Waals surface area (Å²) in [6.45, 7) is 3.48. The number of para-hydroxylation sites is 1. The number of rotatable bonds is 9. The maximum absolute atomic E-state index is 12.4. The molecule has 1 saturated heterocycles. The predicted molar refractivity (Wildman–Crippen MR) is 130 cm³/mol. The molecule has 10 heteroatoms. The molecule has 180 valence electrons. The second-order valence-electron chi connectivity index (χ2n) is 8.40. The fraction of sp³-hybridized carbons (Fsp3) is 0.458. The van der Waals surface area contributed by atoms with Crippen LogP contribution in [-0.4, -0.2) is 59.5 Å². The number of thioether (sulfide) groups is 1. The molecule has 2 N–H and O–H groups in total. The highest BCUT2D eigenvalue weighted by Gasteiger charge is 2.31. The Balaban J connectivity index is 1.28. The Morgan fingerprint density at radius 2 is 1.94 bits per heavy atom. The number of esters is 1. The van der Waals surface area contributed by atoms with Crippen molar-refractivity contribution in [3.63, 3.8) is 0 Å². The third-order valence-corrected chi connectivity index (χ3v) is 6.63. The normalized spacial score (nSPS) is 17.7. The number of nitrogens with one attached hydrogen (secondary N) is 2. The third kappa shape index (κ3) is 6.47. The van der Waals surface area contributed by atoms with Crippen LogP contribution >= 0.6 is 11.8 Å². The van der Waals surface area contributed by atoms with Crippen molar-refractivity contribution in [3.8, 4) is 0 Å². The lowest BCUT2D eigenvalue weighted by atomic mass is 9.97. The summed E-state index contributed by atoms with van der Waals surface area (Å²) in [5.74, 6) is 0.249. The highest BCUT2D eigenvalue weighted by molar-refractivity contribution is 7.99. The summed E-state index contributed by atoms with van der Waals surface area (Å²) < 4.78 is 5.04. The summed E-state index contributed by atoms with van der Waals surface area (Å²) in [4.78, 5) is 39.0. The lowest BCUT2D eigenvalue weighted by Gasteiger charge is -2.32. The fourth-order valence-corrected chi connectivity index (χ4v) is 4.42. The van der Waals surface area contributed by atoms with Gasteiger partial charge in [0.25, 0.3) is 0 Å². The molecule has 4 rings (SSSR count). The van der Waals surface area contributed by atoms with E-state index in [2.05, 4.69) is 25.7 Å². The predicted octanol–water partition coefficient (Wildman–Crippen LogP) is 2.88. The minimum atomic E-state index is -0.475. The molecule has 0 bridgehead atoms. The molecule has 2 heterocycles. The molecule has 1 atom stereocenters. The molecule has 0 unspecified atom stereocenters. The van der Waals surface area contributed by atoms with Gasteiger partial charge in [-0.05, 0) is 56.9 Å². The molecule has 1 aromatic heterocycles. The van der Waals surface area contributed by atoms with Crippen LogP contribution in [0.1, 0.15) is 43.0 Å². The van der Waals surface area contributed by atoms with E-state index in [0.717, 1.165) is 38.0 Å². The number of nitrogens with zero attached hydrogens (tertiary/aromatic N) is 3. The molecule has 0 spiro atoms. The van der Waals surface area contributed by atoms with E-state index in [1.807, 2.05) is 12.1 Å². The Bertz CT molecular complexity index is 1030. The van der Waals surface area contributed by atoms with E-state index in [1.165, 1.54) is 11.8 Å². The van der Waals surface area contributed by atoms with Gasteiger partial charge in [-0.2, -0.15) is 0 Å². The molecular formula is C24H29N5O4S. The number of aromatic nitrogens is 2. The summed E-state index contributed by atoms with van der Waals surface area (Å²) in [5.41, 5.74) is 0.732. The first-order chi connectivity index (χ1) is 16.5. The number of hydrogen-bond donors (Lipinski definition) is 2. The van der Waals surface area contributed by atoms with Gasteiger partial charge in [-0.25, -0.2) is 4.79 Å². The van der Waals surface area contributed by atoms with Crippen LogP contribution in [0.4, 0.5) is 11.5 Å². The standard InChI is InChI=1S/C24H29N5O4S/c1-2-33-24(32)18-7-3-4-8-19(18)26-21(30)15-34-22-12-11-20(27-28-22)29-13-5-6-16(14-29)23(31)25-17-9-10-17/h3-4,7-8,11-12,16-17H,2,5-6,9-10,13-15H2,1H3,(H,25,31)(H,26,30)/t16-/m0/s1. The van der Waals surface area contributed by atoms with Crippen LogP contribution in [0, 0.1) is 5.92 Å². The van der Waals surface area contributed by atoms with E-state index in [-0.39, 0.29) is 30.1 Å². The van der Waals surface area contributed by atoms with Gasteiger partial charge in [0.05, 0.1) is 29.5 Å². The van der Waals surface area contributed by atoms with Crippen LogP contribution in [0.5, 0.6) is 0 Å². The van der Waals surface area contributed by atoms with Crippen molar-refractivity contribution < 1.29 is 19.1 Å². The van der Waals surface area contributed by atoms with Gasteiger partial charge in [-0.15, -0.1) is 10.2 Å². The molecule has 2 aromatic rings. The quantitative estimate of drug-likeness (QED) is 0.414. The van der Waals surface area contributed by atoms with Crippen molar-refractivity contribution >= 4 is 41.1 Å². The van der Waals surface area contributed by atoms with E-state index in [4.69, 9.17) is 4.74 Å². The average molecular weight is 484 g/mol. The smallest absolute Gasteiger partial charge is 0.340 e. The van der Waals surface area contributed by atoms with Crippen molar-refractivity contribution in [2.45, 2.75) is 43.7 Å². The molecule has 1 aliphatic carbocycles. The summed E-state index contributed by atoms with van der Waals surface area (Å²) in [6.07, 6.45) is 4.00. The number of ether oxygens (including phenoxy) is 1. The summed E-state index contributed by atoms with van der Waals surface area (Å²) >= 11 is 1.26. The SMILES string of the molecule is CCOC(=O)c1ccccc1NC(=O)CSc1ccc(N2CCC[C@H](C(=O)NC3CC3)C2)nn1. The van der Waals surface area contributed by atoms with Crippen LogP contribution in [0.3, 0.4) is 0 Å². The first-order valence-electron chi connectivity index (χ1n) is 11.6. The molecule has 34 heavy (non-hydrogen) atoms. The van der Waals surface area contributed by atoms with Crippen LogP contribution in [0.25, 0.3) is 0 Å². The van der Waals surface area contributed by atoms with Gasteiger partial charge in [-0.1, -0.05) is 23.9 Å². The molecular weight excluding hydrogens is 454 g/mol. The second kappa shape index (κ2) is 11.3. The molecule has 2 amide bonds. The van der Waals surface area contributed by atoms with Crippen molar-refractivity contribution in [1.82, 2.24) is 15.5 Å². The van der Waals surface area contributed by atoms with Gasteiger partial charge >= 0.3 is 5.97 Å². The van der Waals surface area contributed by atoms with Crippen molar-refractivity contribution in [1.29, 1.82) is 0 Å². The van der Waals surface area contributed by atoms with Crippen LogP contribution < -0.4 is 15.5 Å². The number of carbonyl (C=O) groups excluding carboxylic acids is 3. The zero-order chi connectivity index (χ0) is 23.9. The van der Waals surface area contributed by atoms with Gasteiger partial charge in [0, 0.05) is 19.1 Å². The Morgan fingerprint density at radius 1 is 1.12 bits per heavy atom. The number of hydrogen-bond acceptors (Lipinski definition) is 8. The molecule has 1 saturated carbocycles. The van der Waals surface area contributed by atoms with Gasteiger partial charge in [0.1, 0.15) is 5.03 Å².